The number of rotatable bonds is 4. The lowest BCUT2D eigenvalue weighted by Crippen LogP contribution is -2.39. The van der Waals surface area contributed by atoms with E-state index in [0.717, 1.165) is 18.1 Å². The van der Waals surface area contributed by atoms with Crippen molar-refractivity contribution in [1.82, 2.24) is 10.3 Å². The zero-order chi connectivity index (χ0) is 17.9. The van der Waals surface area contributed by atoms with E-state index in [4.69, 9.17) is 4.42 Å². The normalized spacial score (nSPS) is 16.7. The van der Waals surface area contributed by atoms with Gasteiger partial charge in [0.2, 0.25) is 11.8 Å². The molecule has 1 fully saturated rings. The molecule has 1 saturated heterocycles. The number of amides is 1. The van der Waals surface area contributed by atoms with Crippen LogP contribution in [0.5, 0.6) is 0 Å². The Morgan fingerprint density at radius 2 is 2.11 bits per heavy atom. The number of fused-ring (bicyclic) bond motifs is 1. The topological polar surface area (TPSA) is 67.2 Å². The van der Waals surface area contributed by atoms with Gasteiger partial charge < -0.3 is 15.1 Å². The highest BCUT2D eigenvalue weighted by atomic mass is 35.5. The predicted molar refractivity (Wildman–Crippen MR) is 109 cm³/mol. The summed E-state index contributed by atoms with van der Waals surface area (Å²) in [5, 5.41) is 6.27. The summed E-state index contributed by atoms with van der Waals surface area (Å²) in [6, 6.07) is 11.6. The second-order valence-electron chi connectivity index (χ2n) is 6.19. The van der Waals surface area contributed by atoms with Crippen molar-refractivity contribution in [2.45, 2.75) is 12.5 Å². The molecule has 0 radical (unpaired) electrons. The average molecular weight is 408 g/mol. The standard InChI is InChI=1S/C19H18FN3O2S.ClH/c20-13-3-1-12(2-4-13)19-23-16-6-5-14(9-17(16)25-19)22-18(24)10-15-11-26-8-7-21-15;/h1-6,9,15,21H,7-8,10-11H2,(H,22,24);1H. The summed E-state index contributed by atoms with van der Waals surface area (Å²) in [5.74, 6) is 2.14. The van der Waals surface area contributed by atoms with Crippen molar-refractivity contribution in [3.05, 3.63) is 48.3 Å². The van der Waals surface area contributed by atoms with Gasteiger partial charge in [-0.2, -0.15) is 11.8 Å². The van der Waals surface area contributed by atoms with Crippen LogP contribution in [0.25, 0.3) is 22.6 Å². The Morgan fingerprint density at radius 3 is 2.85 bits per heavy atom. The molecule has 5 nitrogen and oxygen atoms in total. The van der Waals surface area contributed by atoms with Crippen LogP contribution in [0.2, 0.25) is 0 Å². The third-order valence-electron chi connectivity index (χ3n) is 4.19. The highest BCUT2D eigenvalue weighted by Crippen LogP contribution is 2.26. The number of benzene rings is 2. The third kappa shape index (κ3) is 4.80. The molecule has 1 amide bonds. The molecule has 3 aromatic rings. The Bertz CT molecular complexity index is 926. The van der Waals surface area contributed by atoms with Crippen molar-refractivity contribution in [2.75, 3.05) is 23.4 Å². The molecule has 0 spiro atoms. The molecule has 142 valence electrons. The summed E-state index contributed by atoms with van der Waals surface area (Å²) in [6.07, 6.45) is 0.447. The number of aromatic nitrogens is 1. The van der Waals surface area contributed by atoms with E-state index in [0.29, 0.717) is 34.7 Å². The van der Waals surface area contributed by atoms with Crippen molar-refractivity contribution >= 4 is 46.9 Å². The van der Waals surface area contributed by atoms with E-state index in [1.807, 2.05) is 11.8 Å². The van der Waals surface area contributed by atoms with Gasteiger partial charge in [-0.25, -0.2) is 9.37 Å². The van der Waals surface area contributed by atoms with Crippen molar-refractivity contribution in [1.29, 1.82) is 0 Å². The van der Waals surface area contributed by atoms with Gasteiger partial charge >= 0.3 is 0 Å². The molecule has 0 aliphatic carbocycles. The van der Waals surface area contributed by atoms with Crippen molar-refractivity contribution in [2.24, 2.45) is 0 Å². The Hall–Kier alpha value is -2.09. The molecule has 0 saturated carbocycles. The van der Waals surface area contributed by atoms with Crippen LogP contribution in [0.15, 0.2) is 46.9 Å². The second kappa shape index (κ2) is 8.73. The Kier molecular flexibility index (Phi) is 6.36. The first-order valence-electron chi connectivity index (χ1n) is 8.45. The molecule has 1 unspecified atom stereocenters. The number of thioether (sulfide) groups is 1. The summed E-state index contributed by atoms with van der Waals surface area (Å²) >= 11 is 1.87. The highest BCUT2D eigenvalue weighted by Gasteiger charge is 2.17. The number of halogens is 2. The molecule has 2 heterocycles. The molecule has 1 aliphatic rings. The van der Waals surface area contributed by atoms with Gasteiger partial charge in [0.15, 0.2) is 5.58 Å². The van der Waals surface area contributed by atoms with Crippen LogP contribution >= 0.6 is 24.2 Å². The van der Waals surface area contributed by atoms with E-state index in [1.165, 1.54) is 12.1 Å². The van der Waals surface area contributed by atoms with Crippen LogP contribution in [-0.2, 0) is 4.79 Å². The predicted octanol–water partition coefficient (Wildman–Crippen LogP) is 4.09. The monoisotopic (exact) mass is 407 g/mol. The summed E-state index contributed by atoms with van der Waals surface area (Å²) in [5.41, 5.74) is 2.64. The maximum absolute atomic E-state index is 13.1. The summed E-state index contributed by atoms with van der Waals surface area (Å²) in [4.78, 5) is 16.6. The van der Waals surface area contributed by atoms with Crippen LogP contribution in [0.4, 0.5) is 10.1 Å². The first-order chi connectivity index (χ1) is 12.7. The minimum absolute atomic E-state index is 0. The number of anilines is 1. The fraction of sp³-hybridized carbons (Fsp3) is 0.263. The average Bonchev–Trinajstić information content (AvgIpc) is 3.06. The summed E-state index contributed by atoms with van der Waals surface area (Å²) in [7, 11) is 0. The second-order valence-corrected chi connectivity index (χ2v) is 7.34. The number of oxazole rings is 1. The van der Waals surface area contributed by atoms with Crippen LogP contribution < -0.4 is 10.6 Å². The minimum atomic E-state index is -0.305. The molecule has 4 rings (SSSR count). The molecular formula is C19H19ClFN3O2S. The quantitative estimate of drug-likeness (QED) is 0.681. The van der Waals surface area contributed by atoms with Crippen molar-refractivity contribution in [3.8, 4) is 11.5 Å². The zero-order valence-corrected chi connectivity index (χ0v) is 16.0. The van der Waals surface area contributed by atoms with Gasteiger partial charge in [-0.05, 0) is 36.4 Å². The van der Waals surface area contributed by atoms with Crippen molar-refractivity contribution in [3.63, 3.8) is 0 Å². The smallest absolute Gasteiger partial charge is 0.227 e. The first-order valence-corrected chi connectivity index (χ1v) is 9.60. The number of carbonyl (C=O) groups is 1. The SMILES string of the molecule is Cl.O=C(CC1CSCCN1)Nc1ccc2nc(-c3ccc(F)cc3)oc2c1. The molecule has 27 heavy (non-hydrogen) atoms. The lowest BCUT2D eigenvalue weighted by molar-refractivity contribution is -0.116. The number of hydrogen-bond donors (Lipinski definition) is 2. The van der Waals surface area contributed by atoms with Gasteiger partial charge in [-0.1, -0.05) is 0 Å². The van der Waals surface area contributed by atoms with Gasteiger partial charge in [0, 0.05) is 47.8 Å². The third-order valence-corrected chi connectivity index (χ3v) is 5.32. The van der Waals surface area contributed by atoms with Gasteiger partial charge in [0.1, 0.15) is 11.3 Å². The fourth-order valence-electron chi connectivity index (χ4n) is 2.90. The zero-order valence-electron chi connectivity index (χ0n) is 14.4. The van der Waals surface area contributed by atoms with E-state index >= 15 is 0 Å². The molecule has 2 aromatic carbocycles. The van der Waals surface area contributed by atoms with Gasteiger partial charge in [0.05, 0.1) is 0 Å². The maximum atomic E-state index is 13.1. The van der Waals surface area contributed by atoms with Crippen LogP contribution in [0.3, 0.4) is 0 Å². The lowest BCUT2D eigenvalue weighted by Gasteiger charge is -2.22. The summed E-state index contributed by atoms with van der Waals surface area (Å²) in [6.45, 7) is 0.943. The molecule has 1 aliphatic heterocycles. The maximum Gasteiger partial charge on any atom is 0.227 e. The number of nitrogens with one attached hydrogen (secondary N) is 2. The van der Waals surface area contributed by atoms with E-state index in [-0.39, 0.29) is 30.2 Å². The van der Waals surface area contributed by atoms with Gasteiger partial charge in [-0.3, -0.25) is 4.79 Å². The van der Waals surface area contributed by atoms with E-state index in [1.54, 1.807) is 30.3 Å². The number of nitrogens with zero attached hydrogens (tertiary/aromatic N) is 1. The van der Waals surface area contributed by atoms with Crippen molar-refractivity contribution < 1.29 is 13.6 Å². The van der Waals surface area contributed by atoms with E-state index in [2.05, 4.69) is 15.6 Å². The Labute approximate surface area is 166 Å². The van der Waals surface area contributed by atoms with Crippen LogP contribution in [0, 0.1) is 5.82 Å². The number of carbonyl (C=O) groups excluding carboxylic acids is 1. The Balaban J connectivity index is 0.00000210. The van der Waals surface area contributed by atoms with Gasteiger partial charge in [0.25, 0.3) is 0 Å². The largest absolute Gasteiger partial charge is 0.436 e. The van der Waals surface area contributed by atoms with Gasteiger partial charge in [-0.15, -0.1) is 12.4 Å². The fourth-order valence-corrected chi connectivity index (χ4v) is 3.85. The molecule has 2 N–H and O–H groups in total. The van der Waals surface area contributed by atoms with Crippen LogP contribution in [0.1, 0.15) is 6.42 Å². The minimum Gasteiger partial charge on any atom is -0.436 e. The van der Waals surface area contributed by atoms with Crippen LogP contribution in [-0.4, -0.2) is 35.0 Å². The molecule has 8 heteroatoms. The lowest BCUT2D eigenvalue weighted by atomic mass is 10.2. The molecule has 1 aromatic heterocycles. The Morgan fingerprint density at radius 1 is 1.30 bits per heavy atom. The summed E-state index contributed by atoms with van der Waals surface area (Å²) < 4.78 is 18.8. The van der Waals surface area contributed by atoms with E-state index in [9.17, 15) is 9.18 Å². The number of hydrogen-bond acceptors (Lipinski definition) is 5. The molecular weight excluding hydrogens is 389 g/mol. The molecule has 1 atom stereocenters. The van der Waals surface area contributed by atoms with E-state index < -0.39 is 0 Å². The molecule has 0 bridgehead atoms. The highest BCUT2D eigenvalue weighted by molar-refractivity contribution is 7.99. The first kappa shape index (κ1) is 19.7.